The molecule has 1 aromatic carbocycles. The molecule has 0 aromatic heterocycles. The number of carbonyl (C=O) groups is 1. The Bertz CT molecular complexity index is 399. The maximum atomic E-state index is 12.0. The zero-order valence-corrected chi connectivity index (χ0v) is 10.2. The molecule has 16 heavy (non-hydrogen) atoms. The molecule has 1 saturated carbocycles. The van der Waals surface area contributed by atoms with Crippen molar-refractivity contribution in [2.75, 3.05) is 0 Å². The zero-order chi connectivity index (χ0) is 11.6. The Labute approximate surface area is 101 Å². The van der Waals surface area contributed by atoms with Crippen LogP contribution in [0.3, 0.4) is 0 Å². The molecule has 2 rings (SSSR count). The van der Waals surface area contributed by atoms with E-state index in [4.69, 9.17) is 11.6 Å². The molecular weight excluding hydrogens is 222 g/mol. The van der Waals surface area contributed by atoms with Gasteiger partial charge in [0.2, 0.25) is 0 Å². The molecule has 0 bridgehead atoms. The lowest BCUT2D eigenvalue weighted by Gasteiger charge is -2.39. The molecule has 1 aliphatic carbocycles. The lowest BCUT2D eigenvalue weighted by atomic mass is 9.78. The van der Waals surface area contributed by atoms with E-state index in [-0.39, 0.29) is 11.4 Å². The Kier molecular flexibility index (Phi) is 3.20. The molecule has 0 aliphatic heterocycles. The predicted octanol–water partition coefficient (Wildman–Crippen LogP) is 3.10. The van der Waals surface area contributed by atoms with Crippen LogP contribution in [-0.2, 0) is 5.88 Å². The van der Waals surface area contributed by atoms with E-state index >= 15 is 0 Å². The summed E-state index contributed by atoms with van der Waals surface area (Å²) in [7, 11) is 0. The highest BCUT2D eigenvalue weighted by molar-refractivity contribution is 6.17. The van der Waals surface area contributed by atoms with E-state index in [0.717, 1.165) is 18.4 Å². The molecule has 1 aromatic rings. The molecule has 1 fully saturated rings. The summed E-state index contributed by atoms with van der Waals surface area (Å²) in [5.74, 6) is 0.451. The van der Waals surface area contributed by atoms with Crippen molar-refractivity contribution in [2.45, 2.75) is 37.6 Å². The lowest BCUT2D eigenvalue weighted by molar-refractivity contribution is 0.0850. The molecule has 0 atom stereocenters. The second-order valence-electron chi connectivity index (χ2n) is 4.70. The van der Waals surface area contributed by atoms with Gasteiger partial charge in [0.05, 0.1) is 0 Å². The number of benzene rings is 1. The quantitative estimate of drug-likeness (QED) is 0.805. The lowest BCUT2D eigenvalue weighted by Crippen LogP contribution is -2.50. The van der Waals surface area contributed by atoms with Gasteiger partial charge in [-0.1, -0.05) is 12.1 Å². The SMILES string of the molecule is CC1(NC(=O)c2cccc(CCl)c2)CCC1. The molecule has 1 aliphatic rings. The Balaban J connectivity index is 2.08. The largest absolute Gasteiger partial charge is 0.347 e. The number of nitrogens with one attached hydrogen (secondary N) is 1. The minimum absolute atomic E-state index is 0.00799. The highest BCUT2D eigenvalue weighted by Crippen LogP contribution is 2.31. The first-order valence-electron chi connectivity index (χ1n) is 5.60. The molecular formula is C13H16ClNO. The molecule has 3 heteroatoms. The molecule has 0 saturated heterocycles. The van der Waals surface area contributed by atoms with Crippen LogP contribution < -0.4 is 5.32 Å². The first-order chi connectivity index (χ1) is 7.63. The van der Waals surface area contributed by atoms with Crippen LogP contribution in [0.5, 0.6) is 0 Å². The van der Waals surface area contributed by atoms with Crippen molar-refractivity contribution in [2.24, 2.45) is 0 Å². The average Bonchev–Trinajstić information content (AvgIpc) is 2.27. The van der Waals surface area contributed by atoms with Gasteiger partial charge in [-0.05, 0) is 43.9 Å². The fourth-order valence-corrected chi connectivity index (χ4v) is 2.14. The monoisotopic (exact) mass is 237 g/mol. The van der Waals surface area contributed by atoms with E-state index in [1.165, 1.54) is 6.42 Å². The smallest absolute Gasteiger partial charge is 0.251 e. The normalized spacial score (nSPS) is 17.6. The average molecular weight is 238 g/mol. The van der Waals surface area contributed by atoms with E-state index in [2.05, 4.69) is 12.2 Å². The van der Waals surface area contributed by atoms with Crippen LogP contribution in [0.15, 0.2) is 24.3 Å². The van der Waals surface area contributed by atoms with Gasteiger partial charge in [-0.2, -0.15) is 0 Å². The Morgan fingerprint density at radius 2 is 2.25 bits per heavy atom. The highest BCUT2D eigenvalue weighted by Gasteiger charge is 2.33. The first-order valence-corrected chi connectivity index (χ1v) is 6.14. The molecule has 0 radical (unpaired) electrons. The maximum absolute atomic E-state index is 12.0. The van der Waals surface area contributed by atoms with Gasteiger partial charge in [-0.3, -0.25) is 4.79 Å². The Morgan fingerprint density at radius 1 is 1.50 bits per heavy atom. The number of hydrogen-bond acceptors (Lipinski definition) is 1. The third-order valence-corrected chi connectivity index (χ3v) is 3.52. The summed E-state index contributed by atoms with van der Waals surface area (Å²) in [5, 5.41) is 3.08. The van der Waals surface area contributed by atoms with E-state index in [1.54, 1.807) is 0 Å². The van der Waals surface area contributed by atoms with Gasteiger partial charge in [0.15, 0.2) is 0 Å². The van der Waals surface area contributed by atoms with Gasteiger partial charge >= 0.3 is 0 Å². The molecule has 1 amide bonds. The van der Waals surface area contributed by atoms with E-state index in [0.29, 0.717) is 11.4 Å². The van der Waals surface area contributed by atoms with Crippen molar-refractivity contribution in [3.8, 4) is 0 Å². The molecule has 0 heterocycles. The summed E-state index contributed by atoms with van der Waals surface area (Å²) in [6.45, 7) is 2.10. The van der Waals surface area contributed by atoms with E-state index < -0.39 is 0 Å². The van der Waals surface area contributed by atoms with Crippen LogP contribution in [0.1, 0.15) is 42.1 Å². The summed E-state index contributed by atoms with van der Waals surface area (Å²) in [6.07, 6.45) is 3.36. The maximum Gasteiger partial charge on any atom is 0.251 e. The van der Waals surface area contributed by atoms with Gasteiger partial charge in [-0.15, -0.1) is 11.6 Å². The van der Waals surface area contributed by atoms with Gasteiger partial charge in [-0.25, -0.2) is 0 Å². The standard InChI is InChI=1S/C13H16ClNO/c1-13(6-3-7-13)15-12(16)11-5-2-4-10(8-11)9-14/h2,4-5,8H,3,6-7,9H2,1H3,(H,15,16). The first kappa shape index (κ1) is 11.5. The number of rotatable bonds is 3. The van der Waals surface area contributed by atoms with Gasteiger partial charge in [0.25, 0.3) is 5.91 Å². The van der Waals surface area contributed by atoms with Crippen LogP contribution in [0, 0.1) is 0 Å². The molecule has 1 N–H and O–H groups in total. The Hall–Kier alpha value is -1.02. The topological polar surface area (TPSA) is 29.1 Å². The summed E-state index contributed by atoms with van der Waals surface area (Å²) in [4.78, 5) is 12.0. The summed E-state index contributed by atoms with van der Waals surface area (Å²) in [5.41, 5.74) is 1.69. The molecule has 2 nitrogen and oxygen atoms in total. The second-order valence-corrected chi connectivity index (χ2v) is 4.97. The summed E-state index contributed by atoms with van der Waals surface area (Å²) in [6, 6.07) is 7.47. The van der Waals surface area contributed by atoms with Crippen molar-refractivity contribution in [3.05, 3.63) is 35.4 Å². The van der Waals surface area contributed by atoms with Crippen molar-refractivity contribution in [1.82, 2.24) is 5.32 Å². The van der Waals surface area contributed by atoms with Crippen molar-refractivity contribution >= 4 is 17.5 Å². The van der Waals surface area contributed by atoms with Crippen molar-refractivity contribution in [1.29, 1.82) is 0 Å². The number of carbonyl (C=O) groups excluding carboxylic acids is 1. The van der Waals surface area contributed by atoms with Crippen LogP contribution in [0.4, 0.5) is 0 Å². The predicted molar refractivity (Wildman–Crippen MR) is 65.7 cm³/mol. The number of alkyl halides is 1. The van der Waals surface area contributed by atoms with Gasteiger partial charge in [0, 0.05) is 17.0 Å². The fraction of sp³-hybridized carbons (Fsp3) is 0.462. The number of hydrogen-bond donors (Lipinski definition) is 1. The number of halogens is 1. The summed E-state index contributed by atoms with van der Waals surface area (Å²) >= 11 is 5.74. The highest BCUT2D eigenvalue weighted by atomic mass is 35.5. The molecule has 86 valence electrons. The van der Waals surface area contributed by atoms with Crippen LogP contribution in [0.2, 0.25) is 0 Å². The van der Waals surface area contributed by atoms with Crippen molar-refractivity contribution < 1.29 is 4.79 Å². The minimum atomic E-state index is 0.00799. The minimum Gasteiger partial charge on any atom is -0.347 e. The molecule has 0 spiro atoms. The van der Waals surface area contributed by atoms with Gasteiger partial charge < -0.3 is 5.32 Å². The summed E-state index contributed by atoms with van der Waals surface area (Å²) < 4.78 is 0. The van der Waals surface area contributed by atoms with Crippen LogP contribution >= 0.6 is 11.6 Å². The fourth-order valence-electron chi connectivity index (χ4n) is 1.97. The van der Waals surface area contributed by atoms with E-state index in [9.17, 15) is 4.79 Å². The third kappa shape index (κ3) is 2.38. The van der Waals surface area contributed by atoms with Crippen molar-refractivity contribution in [3.63, 3.8) is 0 Å². The van der Waals surface area contributed by atoms with Crippen LogP contribution in [-0.4, -0.2) is 11.4 Å². The van der Waals surface area contributed by atoms with Crippen LogP contribution in [0.25, 0.3) is 0 Å². The zero-order valence-electron chi connectivity index (χ0n) is 9.42. The van der Waals surface area contributed by atoms with Gasteiger partial charge in [0.1, 0.15) is 0 Å². The second kappa shape index (κ2) is 4.46. The third-order valence-electron chi connectivity index (χ3n) is 3.22. The van der Waals surface area contributed by atoms with E-state index in [1.807, 2.05) is 24.3 Å². The number of amides is 1. The Morgan fingerprint density at radius 3 is 2.81 bits per heavy atom. The molecule has 0 unspecified atom stereocenters.